The standard InChI is InChI=1S/C27H34ClN7O3S/c1-3-18(26(37)38)8-11-34-12-9-19(10-13-34)21-14-24(32-17(2)31-21)33-27-30-16-23(39-27)25(36)35(28)22-7-5-4-6-20(22)15-29/h4-7,14,16,18-19H,3,8-13,15,29H2,1-2H3,(H,37,38)(H,30,31,32,33). The Hall–Kier alpha value is -3.12. The number of carboxylic acid groups (broad SMARTS) is 1. The highest BCUT2D eigenvalue weighted by Gasteiger charge is 2.25. The second kappa shape index (κ2) is 13.3. The van der Waals surface area contributed by atoms with E-state index in [0.29, 0.717) is 46.1 Å². The predicted molar refractivity (Wildman–Crippen MR) is 154 cm³/mol. The number of aryl methyl sites for hydroxylation is 1. The molecule has 4 N–H and O–H groups in total. The number of carbonyl (C=O) groups excluding carboxylic acids is 1. The third-order valence-electron chi connectivity index (χ3n) is 7.05. The minimum atomic E-state index is -0.711. The van der Waals surface area contributed by atoms with Crippen LogP contribution in [-0.4, -0.2) is 56.5 Å². The summed E-state index contributed by atoms with van der Waals surface area (Å²) in [6, 6.07) is 9.18. The van der Waals surface area contributed by atoms with Crippen molar-refractivity contribution >= 4 is 51.6 Å². The molecule has 2 aromatic heterocycles. The normalized spacial score (nSPS) is 15.2. The number of nitrogens with one attached hydrogen (secondary N) is 1. The van der Waals surface area contributed by atoms with Gasteiger partial charge in [-0.1, -0.05) is 36.5 Å². The number of anilines is 3. The van der Waals surface area contributed by atoms with E-state index in [0.717, 1.165) is 48.2 Å². The van der Waals surface area contributed by atoms with Gasteiger partial charge in [0.2, 0.25) is 0 Å². The second-order valence-corrected chi connectivity index (χ2v) is 11.0. The zero-order chi connectivity index (χ0) is 27.9. The van der Waals surface area contributed by atoms with Gasteiger partial charge in [-0.2, -0.15) is 0 Å². The van der Waals surface area contributed by atoms with Gasteiger partial charge in [0.1, 0.15) is 16.5 Å². The number of hydrogen-bond acceptors (Lipinski definition) is 9. The van der Waals surface area contributed by atoms with Gasteiger partial charge in [0, 0.05) is 36.0 Å². The fourth-order valence-electron chi connectivity index (χ4n) is 4.78. The van der Waals surface area contributed by atoms with E-state index in [1.165, 1.54) is 17.5 Å². The molecule has 3 heterocycles. The number of carbonyl (C=O) groups is 2. The van der Waals surface area contributed by atoms with Crippen molar-refractivity contribution in [3.63, 3.8) is 0 Å². The average Bonchev–Trinajstić information content (AvgIpc) is 3.40. The molecule has 208 valence electrons. The fraction of sp³-hybridized carbons (Fsp3) is 0.444. The highest BCUT2D eigenvalue weighted by molar-refractivity contribution is 7.17. The van der Waals surface area contributed by atoms with E-state index in [4.69, 9.17) is 17.5 Å². The number of halogens is 1. The van der Waals surface area contributed by atoms with E-state index in [1.807, 2.05) is 32.0 Å². The number of para-hydroxylation sites is 1. The van der Waals surface area contributed by atoms with Gasteiger partial charge >= 0.3 is 5.97 Å². The SMILES string of the molecule is CCC(CCN1CCC(c2cc(Nc3ncc(C(=O)N(Cl)c4ccccc4CN)s3)nc(C)n2)CC1)C(=O)O. The Labute approximate surface area is 237 Å². The number of rotatable bonds is 11. The first-order chi connectivity index (χ1) is 18.8. The summed E-state index contributed by atoms with van der Waals surface area (Å²) >= 11 is 7.57. The van der Waals surface area contributed by atoms with Crippen molar-refractivity contribution in [2.24, 2.45) is 11.7 Å². The number of hydrogen-bond donors (Lipinski definition) is 3. The zero-order valence-electron chi connectivity index (χ0n) is 22.1. The number of likely N-dealkylation sites (tertiary alicyclic amines) is 1. The molecule has 0 bridgehead atoms. The molecule has 0 spiro atoms. The third kappa shape index (κ3) is 7.30. The van der Waals surface area contributed by atoms with Crippen LogP contribution in [0.2, 0.25) is 0 Å². The maximum absolute atomic E-state index is 13.0. The van der Waals surface area contributed by atoms with E-state index >= 15 is 0 Å². The second-order valence-electron chi connectivity index (χ2n) is 9.65. The Kier molecular flexibility index (Phi) is 9.84. The number of carboxylic acids is 1. The molecular weight excluding hydrogens is 538 g/mol. The molecule has 10 nitrogen and oxygen atoms in total. The Morgan fingerprint density at radius 2 is 2.03 bits per heavy atom. The largest absolute Gasteiger partial charge is 0.481 e. The van der Waals surface area contributed by atoms with Crippen molar-refractivity contribution < 1.29 is 14.7 Å². The molecule has 1 aliphatic rings. The number of nitrogens with zero attached hydrogens (tertiary/aromatic N) is 5. The summed E-state index contributed by atoms with van der Waals surface area (Å²) in [5, 5.41) is 13.0. The highest BCUT2D eigenvalue weighted by Crippen LogP contribution is 2.31. The lowest BCUT2D eigenvalue weighted by Gasteiger charge is -2.32. The molecule has 0 radical (unpaired) electrons. The quantitative estimate of drug-likeness (QED) is 0.274. The van der Waals surface area contributed by atoms with Crippen LogP contribution in [0.15, 0.2) is 36.5 Å². The van der Waals surface area contributed by atoms with Crippen LogP contribution in [-0.2, 0) is 11.3 Å². The first kappa shape index (κ1) is 28.9. The number of aliphatic carboxylic acids is 1. The van der Waals surface area contributed by atoms with Gasteiger partial charge in [0.15, 0.2) is 5.13 Å². The number of piperidine rings is 1. The molecule has 4 rings (SSSR count). The van der Waals surface area contributed by atoms with Gasteiger partial charge < -0.3 is 21.1 Å². The Morgan fingerprint density at radius 1 is 1.28 bits per heavy atom. The molecule has 1 amide bonds. The predicted octanol–water partition coefficient (Wildman–Crippen LogP) is 4.92. The number of thiazole rings is 1. The zero-order valence-corrected chi connectivity index (χ0v) is 23.7. The van der Waals surface area contributed by atoms with Crippen molar-refractivity contribution in [2.75, 3.05) is 29.4 Å². The maximum atomic E-state index is 13.0. The van der Waals surface area contributed by atoms with E-state index in [-0.39, 0.29) is 18.4 Å². The van der Waals surface area contributed by atoms with E-state index in [2.05, 4.69) is 25.2 Å². The number of aromatic nitrogens is 3. The minimum absolute atomic E-state index is 0.265. The van der Waals surface area contributed by atoms with Crippen LogP contribution in [0.25, 0.3) is 0 Å². The van der Waals surface area contributed by atoms with Crippen molar-refractivity contribution in [3.8, 4) is 0 Å². The van der Waals surface area contributed by atoms with E-state index in [9.17, 15) is 14.7 Å². The first-order valence-corrected chi connectivity index (χ1v) is 14.3. The van der Waals surface area contributed by atoms with Gasteiger partial charge in [0.25, 0.3) is 5.91 Å². The molecular formula is C27H34ClN7O3S. The van der Waals surface area contributed by atoms with Crippen LogP contribution in [0.1, 0.15) is 65.3 Å². The number of benzene rings is 1. The summed E-state index contributed by atoms with van der Waals surface area (Å²) in [5.41, 5.74) is 8.08. The van der Waals surface area contributed by atoms with Gasteiger partial charge in [-0.3, -0.25) is 9.59 Å². The van der Waals surface area contributed by atoms with Crippen molar-refractivity contribution in [2.45, 2.75) is 52.0 Å². The summed E-state index contributed by atoms with van der Waals surface area (Å²) in [7, 11) is 0. The molecule has 0 saturated carbocycles. The third-order valence-corrected chi connectivity index (χ3v) is 8.29. The van der Waals surface area contributed by atoms with Crippen LogP contribution < -0.4 is 15.5 Å². The van der Waals surface area contributed by atoms with Gasteiger partial charge in [-0.25, -0.2) is 19.4 Å². The van der Waals surface area contributed by atoms with Gasteiger partial charge in [-0.05, 0) is 63.9 Å². The van der Waals surface area contributed by atoms with E-state index in [1.54, 1.807) is 12.1 Å². The minimum Gasteiger partial charge on any atom is -0.481 e. The number of amides is 1. The smallest absolute Gasteiger partial charge is 0.306 e. The van der Waals surface area contributed by atoms with Crippen LogP contribution in [0.3, 0.4) is 0 Å². The molecule has 1 unspecified atom stereocenters. The Balaban J connectivity index is 1.38. The highest BCUT2D eigenvalue weighted by atomic mass is 35.5. The van der Waals surface area contributed by atoms with Crippen LogP contribution in [0, 0.1) is 12.8 Å². The van der Waals surface area contributed by atoms with Crippen molar-refractivity contribution in [1.29, 1.82) is 0 Å². The molecule has 1 aliphatic heterocycles. The molecule has 12 heteroatoms. The molecule has 39 heavy (non-hydrogen) atoms. The van der Waals surface area contributed by atoms with Gasteiger partial charge in [-0.15, -0.1) is 0 Å². The Bertz CT molecular complexity index is 1300. The lowest BCUT2D eigenvalue weighted by molar-refractivity contribution is -0.142. The van der Waals surface area contributed by atoms with E-state index < -0.39 is 5.97 Å². The molecule has 1 saturated heterocycles. The van der Waals surface area contributed by atoms with Crippen molar-refractivity contribution in [1.82, 2.24) is 19.9 Å². The molecule has 1 fully saturated rings. The molecule has 1 atom stereocenters. The summed E-state index contributed by atoms with van der Waals surface area (Å²) in [4.78, 5) is 40.6. The average molecular weight is 572 g/mol. The summed E-state index contributed by atoms with van der Waals surface area (Å²) in [5.74, 6) is 0.197. The Morgan fingerprint density at radius 3 is 2.72 bits per heavy atom. The van der Waals surface area contributed by atoms with Crippen LogP contribution in [0.5, 0.6) is 0 Å². The number of nitrogens with two attached hydrogens (primary N) is 1. The molecule has 3 aromatic rings. The summed E-state index contributed by atoms with van der Waals surface area (Å²) in [6.07, 6.45) is 4.73. The molecule has 1 aromatic carbocycles. The lowest BCUT2D eigenvalue weighted by atomic mass is 9.92. The topological polar surface area (TPSA) is 138 Å². The first-order valence-electron chi connectivity index (χ1n) is 13.1. The maximum Gasteiger partial charge on any atom is 0.306 e. The van der Waals surface area contributed by atoms with Gasteiger partial charge in [0.05, 0.1) is 17.8 Å². The summed E-state index contributed by atoms with van der Waals surface area (Å²) < 4.78 is 1.07. The monoisotopic (exact) mass is 571 g/mol. The summed E-state index contributed by atoms with van der Waals surface area (Å²) in [6.45, 7) is 6.67. The van der Waals surface area contributed by atoms with Crippen molar-refractivity contribution in [3.05, 3.63) is 58.5 Å². The lowest BCUT2D eigenvalue weighted by Crippen LogP contribution is -2.35. The van der Waals surface area contributed by atoms with Crippen LogP contribution in [0.4, 0.5) is 16.6 Å². The fourth-order valence-corrected chi connectivity index (χ4v) is 5.84. The molecule has 0 aliphatic carbocycles. The van der Waals surface area contributed by atoms with Crippen LogP contribution >= 0.6 is 23.1 Å².